The molecule has 0 atom stereocenters. The molecule has 0 unspecified atom stereocenters. The summed E-state index contributed by atoms with van der Waals surface area (Å²) in [5.74, 6) is -0.250. The van der Waals surface area contributed by atoms with Crippen LogP contribution in [0, 0.1) is 6.92 Å². The van der Waals surface area contributed by atoms with Crippen LogP contribution in [0.5, 0.6) is 0 Å². The van der Waals surface area contributed by atoms with Crippen LogP contribution >= 0.6 is 23.2 Å². The molecule has 0 spiro atoms. The lowest BCUT2D eigenvalue weighted by atomic mass is 10.2. The number of likely N-dealkylation sites (N-methyl/N-ethyl adjacent to an activating group) is 1. The number of halogens is 2. The molecule has 0 N–H and O–H groups in total. The van der Waals surface area contributed by atoms with Gasteiger partial charge < -0.3 is 9.80 Å². The number of rotatable bonds is 5. The van der Waals surface area contributed by atoms with Gasteiger partial charge in [-0.05, 0) is 44.3 Å². The summed E-state index contributed by atoms with van der Waals surface area (Å²) in [5.41, 5.74) is 1.24. The summed E-state index contributed by atoms with van der Waals surface area (Å²) in [6.45, 7) is 4.21. The lowest BCUT2D eigenvalue weighted by molar-refractivity contribution is -0.131. The van der Waals surface area contributed by atoms with Crippen molar-refractivity contribution in [3.05, 3.63) is 58.1 Å². The Morgan fingerprint density at radius 1 is 1.00 bits per heavy atom. The van der Waals surface area contributed by atoms with E-state index in [1.807, 2.05) is 14.0 Å². The van der Waals surface area contributed by atoms with Crippen molar-refractivity contribution in [3.63, 3.8) is 0 Å². The van der Waals surface area contributed by atoms with Gasteiger partial charge in [-0.1, -0.05) is 40.9 Å². The van der Waals surface area contributed by atoms with Gasteiger partial charge in [-0.3, -0.25) is 9.10 Å². The van der Waals surface area contributed by atoms with Crippen LogP contribution < -0.4 is 4.31 Å². The monoisotopic (exact) mass is 455 g/mol. The Morgan fingerprint density at radius 2 is 1.62 bits per heavy atom. The fourth-order valence-corrected chi connectivity index (χ4v) is 4.77. The molecule has 2 aromatic carbocycles. The fourth-order valence-electron chi connectivity index (χ4n) is 3.07. The number of carbonyl (C=O) groups is 1. The fraction of sp³-hybridized carbons (Fsp3) is 0.350. The van der Waals surface area contributed by atoms with Gasteiger partial charge >= 0.3 is 0 Å². The maximum atomic E-state index is 13.4. The Hall–Kier alpha value is -1.80. The molecule has 1 heterocycles. The first-order chi connectivity index (χ1) is 13.7. The second kappa shape index (κ2) is 8.92. The summed E-state index contributed by atoms with van der Waals surface area (Å²) in [7, 11) is -1.98. The third kappa shape index (κ3) is 5.04. The van der Waals surface area contributed by atoms with Crippen molar-refractivity contribution < 1.29 is 13.2 Å². The quantitative estimate of drug-likeness (QED) is 0.693. The molecule has 0 bridgehead atoms. The van der Waals surface area contributed by atoms with Crippen molar-refractivity contribution in [3.8, 4) is 0 Å². The molecule has 6 nitrogen and oxygen atoms in total. The number of carbonyl (C=O) groups excluding carboxylic acids is 1. The first-order valence-electron chi connectivity index (χ1n) is 9.19. The third-order valence-corrected chi connectivity index (χ3v) is 7.46. The molecule has 1 fully saturated rings. The number of amides is 1. The molecule has 1 aliphatic heterocycles. The van der Waals surface area contributed by atoms with Crippen LogP contribution in [0.25, 0.3) is 0 Å². The maximum absolute atomic E-state index is 13.4. The predicted molar refractivity (Wildman–Crippen MR) is 116 cm³/mol. The normalized spacial score (nSPS) is 15.4. The molecule has 1 saturated heterocycles. The van der Waals surface area contributed by atoms with Crippen LogP contribution in [-0.4, -0.2) is 63.9 Å². The minimum atomic E-state index is -3.97. The highest BCUT2D eigenvalue weighted by molar-refractivity contribution is 7.92. The van der Waals surface area contributed by atoms with Crippen LogP contribution in [0.4, 0.5) is 5.69 Å². The van der Waals surface area contributed by atoms with Crippen molar-refractivity contribution >= 4 is 44.8 Å². The van der Waals surface area contributed by atoms with Gasteiger partial charge in [0.2, 0.25) is 5.91 Å². The molecule has 1 amide bonds. The first kappa shape index (κ1) is 21.9. The molecule has 1 aliphatic rings. The number of hydrogen-bond donors (Lipinski definition) is 0. The van der Waals surface area contributed by atoms with E-state index in [0.717, 1.165) is 23.0 Å². The molecule has 0 radical (unpaired) electrons. The van der Waals surface area contributed by atoms with Crippen molar-refractivity contribution in [1.82, 2.24) is 9.80 Å². The summed E-state index contributed by atoms with van der Waals surface area (Å²) >= 11 is 12.1. The zero-order valence-corrected chi connectivity index (χ0v) is 18.6. The first-order valence-corrected chi connectivity index (χ1v) is 11.4. The van der Waals surface area contributed by atoms with Crippen molar-refractivity contribution in [2.24, 2.45) is 0 Å². The van der Waals surface area contributed by atoms with E-state index in [-0.39, 0.29) is 22.4 Å². The van der Waals surface area contributed by atoms with Gasteiger partial charge in [0.25, 0.3) is 10.0 Å². The van der Waals surface area contributed by atoms with E-state index in [4.69, 9.17) is 23.2 Å². The topological polar surface area (TPSA) is 60.9 Å². The van der Waals surface area contributed by atoms with E-state index in [0.29, 0.717) is 23.8 Å². The van der Waals surface area contributed by atoms with Gasteiger partial charge in [-0.15, -0.1) is 0 Å². The molecular formula is C20H23Cl2N3O3S. The van der Waals surface area contributed by atoms with Crippen LogP contribution in [0.2, 0.25) is 10.0 Å². The Kier molecular flexibility index (Phi) is 6.73. The van der Waals surface area contributed by atoms with Crippen LogP contribution in [0.3, 0.4) is 0 Å². The minimum absolute atomic E-state index is 0.111. The molecule has 29 heavy (non-hydrogen) atoms. The summed E-state index contributed by atoms with van der Waals surface area (Å²) in [6, 6.07) is 11.1. The molecule has 9 heteroatoms. The van der Waals surface area contributed by atoms with Gasteiger partial charge in [0.05, 0.1) is 20.6 Å². The average molecular weight is 456 g/mol. The van der Waals surface area contributed by atoms with E-state index < -0.39 is 10.0 Å². The molecule has 156 valence electrons. The molecular weight excluding hydrogens is 433 g/mol. The lowest BCUT2D eigenvalue weighted by Gasteiger charge is -2.34. The number of hydrogen-bond acceptors (Lipinski definition) is 4. The van der Waals surface area contributed by atoms with Crippen molar-refractivity contribution in [2.75, 3.05) is 44.1 Å². The Morgan fingerprint density at radius 3 is 2.21 bits per heavy atom. The van der Waals surface area contributed by atoms with E-state index in [9.17, 15) is 13.2 Å². The maximum Gasteiger partial charge on any atom is 0.264 e. The van der Waals surface area contributed by atoms with Gasteiger partial charge in [-0.25, -0.2) is 8.42 Å². The van der Waals surface area contributed by atoms with Gasteiger partial charge in [0.15, 0.2) is 0 Å². The van der Waals surface area contributed by atoms with Crippen LogP contribution in [-0.2, 0) is 14.8 Å². The zero-order chi connectivity index (χ0) is 21.2. The number of sulfonamides is 1. The Balaban J connectivity index is 1.96. The largest absolute Gasteiger partial charge is 0.339 e. The van der Waals surface area contributed by atoms with E-state index in [2.05, 4.69) is 4.90 Å². The average Bonchev–Trinajstić information content (AvgIpc) is 2.69. The van der Waals surface area contributed by atoms with E-state index in [1.54, 1.807) is 23.1 Å². The lowest BCUT2D eigenvalue weighted by Crippen LogP contribution is -2.50. The number of aryl methyl sites for hydroxylation is 1. The van der Waals surface area contributed by atoms with Crippen LogP contribution in [0.1, 0.15) is 5.56 Å². The highest BCUT2D eigenvalue weighted by Crippen LogP contribution is 2.30. The summed E-state index contributed by atoms with van der Waals surface area (Å²) in [5, 5.41) is 0.536. The Bertz CT molecular complexity index is 989. The zero-order valence-electron chi connectivity index (χ0n) is 16.3. The molecule has 0 aliphatic carbocycles. The van der Waals surface area contributed by atoms with Gasteiger partial charge in [-0.2, -0.15) is 0 Å². The minimum Gasteiger partial charge on any atom is -0.339 e. The predicted octanol–water partition coefficient (Wildman–Crippen LogP) is 3.27. The SMILES string of the molecule is Cc1ccc(S(=O)(=O)N(CC(=O)N2CCN(C)CC2)c2ccc(Cl)c(Cl)c2)cc1. The molecule has 0 saturated carbocycles. The van der Waals surface area contributed by atoms with Gasteiger partial charge in [0, 0.05) is 26.2 Å². The number of nitrogens with zero attached hydrogens (tertiary/aromatic N) is 3. The Labute approximate surface area is 181 Å². The highest BCUT2D eigenvalue weighted by Gasteiger charge is 2.30. The van der Waals surface area contributed by atoms with Gasteiger partial charge in [0.1, 0.15) is 6.54 Å². The van der Waals surface area contributed by atoms with E-state index >= 15 is 0 Å². The highest BCUT2D eigenvalue weighted by atomic mass is 35.5. The summed E-state index contributed by atoms with van der Waals surface area (Å²) in [6.07, 6.45) is 0. The molecule has 3 rings (SSSR count). The van der Waals surface area contributed by atoms with Crippen molar-refractivity contribution in [2.45, 2.75) is 11.8 Å². The number of piperazine rings is 1. The third-order valence-electron chi connectivity index (χ3n) is 4.93. The second-order valence-corrected chi connectivity index (χ2v) is 9.78. The number of benzene rings is 2. The standard InChI is InChI=1S/C20H23Cl2N3O3S/c1-15-3-6-17(7-4-15)29(27,28)25(16-5-8-18(21)19(22)13-16)14-20(26)24-11-9-23(2)10-12-24/h3-8,13H,9-12,14H2,1-2H3. The smallest absolute Gasteiger partial charge is 0.264 e. The summed E-state index contributed by atoms with van der Waals surface area (Å²) < 4.78 is 27.9. The second-order valence-electron chi connectivity index (χ2n) is 7.11. The van der Waals surface area contributed by atoms with E-state index in [1.165, 1.54) is 24.3 Å². The van der Waals surface area contributed by atoms with Crippen LogP contribution in [0.15, 0.2) is 47.4 Å². The number of anilines is 1. The van der Waals surface area contributed by atoms with Crippen molar-refractivity contribution in [1.29, 1.82) is 0 Å². The summed E-state index contributed by atoms with van der Waals surface area (Å²) in [4.78, 5) is 16.8. The molecule has 2 aromatic rings. The molecule has 0 aromatic heterocycles.